The first-order chi connectivity index (χ1) is 12.4. The second-order valence-electron chi connectivity index (χ2n) is 6.59. The van der Waals surface area contributed by atoms with E-state index in [0.29, 0.717) is 6.54 Å². The Kier molecular flexibility index (Phi) is 6.57. The fourth-order valence-corrected chi connectivity index (χ4v) is 2.97. The van der Waals surface area contributed by atoms with E-state index in [1.54, 1.807) is 0 Å². The number of amides is 1. The van der Waals surface area contributed by atoms with Crippen molar-refractivity contribution in [3.05, 3.63) is 76.0 Å². The SMILES string of the molecule is Cc1cccc(CCN/C=C(/C#N)C(=O)Nc2c(C)cc(C)cc2C)c1. The minimum Gasteiger partial charge on any atom is -0.389 e. The standard InChI is InChI=1S/C22H25N3O/c1-15-6-5-7-19(12-15)8-9-24-14-20(13-23)22(26)25-21-17(3)10-16(2)11-18(21)4/h5-7,10-12,14,24H,8-9H2,1-4H3,(H,25,26)/b20-14-. The van der Waals surface area contributed by atoms with Crippen LogP contribution >= 0.6 is 0 Å². The molecule has 2 aromatic rings. The molecule has 4 nitrogen and oxygen atoms in total. The maximum absolute atomic E-state index is 12.4. The average Bonchev–Trinajstić information content (AvgIpc) is 2.58. The molecule has 1 amide bonds. The molecule has 0 fully saturated rings. The van der Waals surface area contributed by atoms with E-state index in [4.69, 9.17) is 0 Å². The molecule has 0 unspecified atom stereocenters. The van der Waals surface area contributed by atoms with Crippen molar-refractivity contribution in [1.29, 1.82) is 5.26 Å². The minimum atomic E-state index is -0.398. The van der Waals surface area contributed by atoms with E-state index >= 15 is 0 Å². The molecule has 0 atom stereocenters. The molecular formula is C22H25N3O. The Morgan fingerprint density at radius 3 is 2.38 bits per heavy atom. The molecule has 0 saturated carbocycles. The number of nitriles is 1. The van der Waals surface area contributed by atoms with E-state index in [2.05, 4.69) is 35.8 Å². The molecular weight excluding hydrogens is 322 g/mol. The summed E-state index contributed by atoms with van der Waals surface area (Å²) in [7, 11) is 0. The van der Waals surface area contributed by atoms with Crippen molar-refractivity contribution in [2.45, 2.75) is 34.1 Å². The lowest BCUT2D eigenvalue weighted by Gasteiger charge is -2.12. The van der Waals surface area contributed by atoms with Crippen LogP contribution in [0.1, 0.15) is 27.8 Å². The summed E-state index contributed by atoms with van der Waals surface area (Å²) < 4.78 is 0. The summed E-state index contributed by atoms with van der Waals surface area (Å²) in [4.78, 5) is 12.4. The summed E-state index contributed by atoms with van der Waals surface area (Å²) in [6.45, 7) is 8.63. The van der Waals surface area contributed by atoms with Crippen molar-refractivity contribution in [2.75, 3.05) is 11.9 Å². The molecule has 0 spiro atoms. The van der Waals surface area contributed by atoms with Crippen molar-refractivity contribution in [2.24, 2.45) is 0 Å². The molecule has 0 aliphatic rings. The Bertz CT molecular complexity index is 852. The van der Waals surface area contributed by atoms with Crippen molar-refractivity contribution in [1.82, 2.24) is 5.32 Å². The summed E-state index contributed by atoms with van der Waals surface area (Å²) in [5.41, 5.74) is 6.39. The average molecular weight is 347 g/mol. The van der Waals surface area contributed by atoms with Crippen LogP contribution in [0.25, 0.3) is 0 Å². The summed E-state index contributed by atoms with van der Waals surface area (Å²) in [5.74, 6) is -0.398. The van der Waals surface area contributed by atoms with Crippen LogP contribution in [0.15, 0.2) is 48.2 Å². The number of nitrogens with one attached hydrogen (secondary N) is 2. The number of carbonyl (C=O) groups excluding carboxylic acids is 1. The van der Waals surface area contributed by atoms with Gasteiger partial charge in [-0.1, -0.05) is 47.5 Å². The van der Waals surface area contributed by atoms with Gasteiger partial charge >= 0.3 is 0 Å². The quantitative estimate of drug-likeness (QED) is 0.470. The van der Waals surface area contributed by atoms with Crippen LogP contribution in [-0.2, 0) is 11.2 Å². The van der Waals surface area contributed by atoms with Crippen molar-refractivity contribution in [3.63, 3.8) is 0 Å². The monoisotopic (exact) mass is 347 g/mol. The van der Waals surface area contributed by atoms with Crippen LogP contribution < -0.4 is 10.6 Å². The van der Waals surface area contributed by atoms with Crippen LogP contribution in [0, 0.1) is 39.0 Å². The van der Waals surface area contributed by atoms with Gasteiger partial charge in [-0.05, 0) is 50.8 Å². The number of hydrogen-bond acceptors (Lipinski definition) is 3. The van der Waals surface area contributed by atoms with Gasteiger partial charge in [-0.2, -0.15) is 5.26 Å². The van der Waals surface area contributed by atoms with Gasteiger partial charge in [-0.15, -0.1) is 0 Å². The maximum Gasteiger partial charge on any atom is 0.267 e. The molecule has 0 bridgehead atoms. The van der Waals surface area contributed by atoms with Gasteiger partial charge in [0.2, 0.25) is 0 Å². The highest BCUT2D eigenvalue weighted by Crippen LogP contribution is 2.22. The van der Waals surface area contributed by atoms with Gasteiger partial charge in [0.05, 0.1) is 0 Å². The van der Waals surface area contributed by atoms with Gasteiger partial charge in [0, 0.05) is 18.4 Å². The minimum absolute atomic E-state index is 0.0635. The summed E-state index contributed by atoms with van der Waals surface area (Å²) in [6, 6.07) is 14.3. The van der Waals surface area contributed by atoms with E-state index in [0.717, 1.165) is 28.8 Å². The largest absolute Gasteiger partial charge is 0.389 e. The van der Waals surface area contributed by atoms with Crippen molar-refractivity contribution in [3.8, 4) is 6.07 Å². The highest BCUT2D eigenvalue weighted by Gasteiger charge is 2.12. The predicted octanol–water partition coefficient (Wildman–Crippen LogP) is 4.10. The van der Waals surface area contributed by atoms with Gasteiger partial charge in [-0.25, -0.2) is 0 Å². The lowest BCUT2D eigenvalue weighted by Crippen LogP contribution is -2.19. The van der Waals surface area contributed by atoms with Gasteiger partial charge in [-0.3, -0.25) is 4.79 Å². The normalized spacial score (nSPS) is 11.0. The smallest absolute Gasteiger partial charge is 0.267 e. The fourth-order valence-electron chi connectivity index (χ4n) is 2.97. The second kappa shape index (κ2) is 8.87. The Morgan fingerprint density at radius 2 is 1.77 bits per heavy atom. The predicted molar refractivity (Wildman–Crippen MR) is 106 cm³/mol. The van der Waals surface area contributed by atoms with Gasteiger partial charge < -0.3 is 10.6 Å². The first-order valence-electron chi connectivity index (χ1n) is 8.69. The van der Waals surface area contributed by atoms with Gasteiger partial charge in [0.1, 0.15) is 11.6 Å². The molecule has 2 N–H and O–H groups in total. The number of rotatable bonds is 6. The molecule has 0 radical (unpaired) electrons. The van der Waals surface area contributed by atoms with Gasteiger partial charge in [0.15, 0.2) is 0 Å². The zero-order valence-electron chi connectivity index (χ0n) is 15.8. The number of anilines is 1. The molecule has 2 aromatic carbocycles. The third-order valence-corrected chi connectivity index (χ3v) is 4.17. The molecule has 4 heteroatoms. The summed E-state index contributed by atoms with van der Waals surface area (Å²) in [6.07, 6.45) is 2.32. The zero-order valence-corrected chi connectivity index (χ0v) is 15.8. The van der Waals surface area contributed by atoms with E-state index in [9.17, 15) is 10.1 Å². The van der Waals surface area contributed by atoms with Crippen LogP contribution in [0.3, 0.4) is 0 Å². The molecule has 0 heterocycles. The maximum atomic E-state index is 12.4. The molecule has 2 rings (SSSR count). The molecule has 26 heavy (non-hydrogen) atoms. The van der Waals surface area contributed by atoms with Crippen LogP contribution in [0.2, 0.25) is 0 Å². The third kappa shape index (κ3) is 5.22. The van der Waals surface area contributed by atoms with Crippen LogP contribution in [-0.4, -0.2) is 12.5 Å². The number of nitrogens with zero attached hydrogens (tertiary/aromatic N) is 1. The van der Waals surface area contributed by atoms with Crippen LogP contribution in [0.5, 0.6) is 0 Å². The van der Waals surface area contributed by atoms with Crippen molar-refractivity contribution < 1.29 is 4.79 Å². The molecule has 0 saturated heterocycles. The zero-order chi connectivity index (χ0) is 19.1. The Balaban J connectivity index is 1.98. The molecule has 0 aliphatic heterocycles. The topological polar surface area (TPSA) is 64.9 Å². The number of hydrogen-bond donors (Lipinski definition) is 2. The lowest BCUT2D eigenvalue weighted by molar-refractivity contribution is -0.112. The van der Waals surface area contributed by atoms with E-state index in [-0.39, 0.29) is 5.57 Å². The second-order valence-corrected chi connectivity index (χ2v) is 6.59. The lowest BCUT2D eigenvalue weighted by atomic mass is 10.0. The van der Waals surface area contributed by atoms with Crippen LogP contribution in [0.4, 0.5) is 5.69 Å². The van der Waals surface area contributed by atoms with Crippen molar-refractivity contribution >= 4 is 11.6 Å². The number of carbonyl (C=O) groups is 1. The Hall–Kier alpha value is -3.06. The van der Waals surface area contributed by atoms with E-state index < -0.39 is 5.91 Å². The Morgan fingerprint density at radius 1 is 1.08 bits per heavy atom. The number of benzene rings is 2. The first-order valence-corrected chi connectivity index (χ1v) is 8.69. The fraction of sp³-hybridized carbons (Fsp3) is 0.273. The van der Waals surface area contributed by atoms with E-state index in [1.165, 1.54) is 17.3 Å². The molecule has 134 valence electrons. The van der Waals surface area contributed by atoms with E-state index in [1.807, 2.05) is 45.0 Å². The summed E-state index contributed by atoms with van der Waals surface area (Å²) in [5, 5.41) is 15.2. The first kappa shape index (κ1) is 19.3. The molecule has 0 aromatic heterocycles. The highest BCUT2D eigenvalue weighted by atomic mass is 16.1. The summed E-state index contributed by atoms with van der Waals surface area (Å²) >= 11 is 0. The third-order valence-electron chi connectivity index (χ3n) is 4.17. The highest BCUT2D eigenvalue weighted by molar-refractivity contribution is 6.07. The number of aryl methyl sites for hydroxylation is 4. The Labute approximate surface area is 155 Å². The van der Waals surface area contributed by atoms with Gasteiger partial charge in [0.25, 0.3) is 5.91 Å². The molecule has 0 aliphatic carbocycles.